The Kier molecular flexibility index (Phi) is 3.64. The number of aryl methyl sites for hydroxylation is 1. The predicted molar refractivity (Wildman–Crippen MR) is 81.4 cm³/mol. The molecule has 0 saturated heterocycles. The van der Waals surface area contributed by atoms with Gasteiger partial charge in [0.05, 0.1) is 4.34 Å². The quantitative estimate of drug-likeness (QED) is 0.812. The lowest BCUT2D eigenvalue weighted by Crippen LogP contribution is -2.17. The van der Waals surface area contributed by atoms with Crippen LogP contribution in [0, 0.1) is 11.3 Å². The normalized spacial score (nSPS) is 14.4. The largest absolute Gasteiger partial charge is 0.325 e. The number of nitriles is 1. The fourth-order valence-corrected chi connectivity index (χ4v) is 3.91. The molecule has 2 aromatic heterocycles. The third-order valence-electron chi connectivity index (χ3n) is 3.69. The molecule has 0 aromatic carbocycles. The van der Waals surface area contributed by atoms with Gasteiger partial charge in [-0.15, -0.1) is 11.3 Å². The second-order valence-electron chi connectivity index (χ2n) is 4.94. The van der Waals surface area contributed by atoms with Crippen LogP contribution in [0.5, 0.6) is 0 Å². The number of pyridine rings is 1. The van der Waals surface area contributed by atoms with Gasteiger partial charge in [-0.05, 0) is 43.4 Å². The smallest absolute Gasteiger partial charge is 0.266 e. The Morgan fingerprint density at radius 1 is 1.25 bits per heavy atom. The minimum atomic E-state index is -0.285. The van der Waals surface area contributed by atoms with Crippen LogP contribution in [0.1, 0.15) is 36.1 Å². The third kappa shape index (κ3) is 2.28. The van der Waals surface area contributed by atoms with E-state index in [1.54, 1.807) is 0 Å². The number of H-pyrrole nitrogens is 1. The molecule has 0 saturated carbocycles. The fourth-order valence-electron chi connectivity index (χ4n) is 2.79. The van der Waals surface area contributed by atoms with E-state index in [2.05, 4.69) is 11.1 Å². The van der Waals surface area contributed by atoms with Crippen LogP contribution in [0.3, 0.4) is 0 Å². The summed E-state index contributed by atoms with van der Waals surface area (Å²) in [6, 6.07) is 5.77. The van der Waals surface area contributed by atoms with E-state index in [9.17, 15) is 10.1 Å². The van der Waals surface area contributed by atoms with Crippen molar-refractivity contribution in [1.82, 2.24) is 4.98 Å². The molecule has 20 heavy (non-hydrogen) atoms. The van der Waals surface area contributed by atoms with E-state index in [1.807, 2.05) is 12.1 Å². The molecule has 1 aliphatic rings. The average Bonchev–Trinajstić information content (AvgIpc) is 2.72. The molecule has 0 bridgehead atoms. The summed E-state index contributed by atoms with van der Waals surface area (Å²) in [5.74, 6) is 0. The van der Waals surface area contributed by atoms with Crippen molar-refractivity contribution in [3.05, 3.63) is 43.6 Å². The van der Waals surface area contributed by atoms with Crippen LogP contribution < -0.4 is 5.56 Å². The van der Waals surface area contributed by atoms with Crippen molar-refractivity contribution in [3.63, 3.8) is 0 Å². The van der Waals surface area contributed by atoms with Gasteiger partial charge in [0.2, 0.25) is 0 Å². The van der Waals surface area contributed by atoms with Crippen LogP contribution in [-0.2, 0) is 12.8 Å². The topological polar surface area (TPSA) is 56.6 Å². The molecule has 0 aliphatic heterocycles. The number of hydrogen-bond donors (Lipinski definition) is 1. The van der Waals surface area contributed by atoms with Crippen molar-refractivity contribution < 1.29 is 0 Å². The van der Waals surface area contributed by atoms with E-state index >= 15 is 0 Å². The molecule has 0 amide bonds. The van der Waals surface area contributed by atoms with Gasteiger partial charge >= 0.3 is 0 Å². The van der Waals surface area contributed by atoms with E-state index in [4.69, 9.17) is 11.6 Å². The molecule has 1 aliphatic carbocycles. The van der Waals surface area contributed by atoms with Gasteiger partial charge in [0.1, 0.15) is 11.6 Å². The highest BCUT2D eigenvalue weighted by molar-refractivity contribution is 7.19. The second-order valence-corrected chi connectivity index (χ2v) is 6.65. The Bertz CT molecular complexity index is 754. The summed E-state index contributed by atoms with van der Waals surface area (Å²) in [7, 11) is 0. The fraction of sp³-hybridized carbons (Fsp3) is 0.333. The molecule has 0 atom stereocenters. The predicted octanol–water partition coefficient (Wildman–Crippen LogP) is 3.90. The summed E-state index contributed by atoms with van der Waals surface area (Å²) in [5, 5.41) is 9.34. The van der Waals surface area contributed by atoms with Gasteiger partial charge in [-0.2, -0.15) is 5.26 Å². The highest BCUT2D eigenvalue weighted by Crippen LogP contribution is 2.36. The zero-order chi connectivity index (χ0) is 14.1. The molecular formula is C15H13ClN2OS. The molecule has 2 heterocycles. The molecule has 5 heteroatoms. The molecule has 0 fully saturated rings. The summed E-state index contributed by atoms with van der Waals surface area (Å²) in [5.41, 5.74) is 2.84. The first kappa shape index (κ1) is 13.4. The van der Waals surface area contributed by atoms with Crippen molar-refractivity contribution in [2.45, 2.75) is 32.1 Å². The Balaban J connectivity index is 2.32. The maximum Gasteiger partial charge on any atom is 0.266 e. The Hall–Kier alpha value is -1.57. The number of aromatic amines is 1. The van der Waals surface area contributed by atoms with Crippen LogP contribution in [0.25, 0.3) is 10.4 Å². The van der Waals surface area contributed by atoms with E-state index < -0.39 is 0 Å². The monoisotopic (exact) mass is 304 g/mol. The van der Waals surface area contributed by atoms with Gasteiger partial charge < -0.3 is 4.98 Å². The van der Waals surface area contributed by atoms with Crippen molar-refractivity contribution in [3.8, 4) is 16.5 Å². The minimum absolute atomic E-state index is 0.212. The van der Waals surface area contributed by atoms with E-state index in [0.29, 0.717) is 4.34 Å². The lowest BCUT2D eigenvalue weighted by Gasteiger charge is -2.12. The molecular weight excluding hydrogens is 292 g/mol. The highest BCUT2D eigenvalue weighted by atomic mass is 35.5. The molecule has 1 N–H and O–H groups in total. The summed E-state index contributed by atoms with van der Waals surface area (Å²) in [4.78, 5) is 15.9. The molecule has 2 aromatic rings. The lowest BCUT2D eigenvalue weighted by atomic mass is 9.97. The van der Waals surface area contributed by atoms with E-state index in [1.165, 1.54) is 11.3 Å². The molecule has 0 spiro atoms. The van der Waals surface area contributed by atoms with E-state index in [0.717, 1.165) is 53.8 Å². The van der Waals surface area contributed by atoms with Gasteiger partial charge in [0, 0.05) is 16.1 Å². The number of fused-ring (bicyclic) bond motifs is 1. The van der Waals surface area contributed by atoms with Gasteiger partial charge in [-0.3, -0.25) is 4.79 Å². The molecule has 0 radical (unpaired) electrons. The molecule has 0 unspecified atom stereocenters. The van der Waals surface area contributed by atoms with Crippen LogP contribution in [0.2, 0.25) is 4.34 Å². The van der Waals surface area contributed by atoms with Gasteiger partial charge in [-0.1, -0.05) is 18.0 Å². The van der Waals surface area contributed by atoms with Gasteiger partial charge in [-0.25, -0.2) is 0 Å². The first-order valence-electron chi connectivity index (χ1n) is 6.64. The standard InChI is InChI=1S/C15H13ClN2OS/c16-13-7-6-12(20-13)14-9-4-2-1-3-5-11(9)18-15(19)10(14)8-17/h6-7H,1-5H2,(H,18,19). The number of aromatic nitrogens is 1. The van der Waals surface area contributed by atoms with Crippen LogP contribution in [0.4, 0.5) is 0 Å². The third-order valence-corrected chi connectivity index (χ3v) is 4.94. The van der Waals surface area contributed by atoms with Crippen molar-refractivity contribution >= 4 is 22.9 Å². The summed E-state index contributed by atoms with van der Waals surface area (Å²) < 4.78 is 0.673. The number of nitrogens with one attached hydrogen (secondary N) is 1. The highest BCUT2D eigenvalue weighted by Gasteiger charge is 2.21. The second kappa shape index (κ2) is 5.43. The molecule has 3 rings (SSSR count). The Labute approximate surface area is 125 Å². The zero-order valence-corrected chi connectivity index (χ0v) is 12.4. The molecule has 102 valence electrons. The SMILES string of the molecule is N#Cc1c(-c2ccc(Cl)s2)c2c([nH]c1=O)CCCCC2. The van der Waals surface area contributed by atoms with Gasteiger partial charge in [0.25, 0.3) is 5.56 Å². The lowest BCUT2D eigenvalue weighted by molar-refractivity contribution is 0.708. The number of rotatable bonds is 1. The summed E-state index contributed by atoms with van der Waals surface area (Å²) in [6.07, 6.45) is 5.12. The first-order valence-corrected chi connectivity index (χ1v) is 7.84. The Morgan fingerprint density at radius 3 is 2.75 bits per heavy atom. The minimum Gasteiger partial charge on any atom is -0.325 e. The average molecular weight is 305 g/mol. The zero-order valence-electron chi connectivity index (χ0n) is 10.8. The Morgan fingerprint density at radius 2 is 2.05 bits per heavy atom. The van der Waals surface area contributed by atoms with Gasteiger partial charge in [0.15, 0.2) is 0 Å². The summed E-state index contributed by atoms with van der Waals surface area (Å²) in [6.45, 7) is 0. The number of thiophene rings is 1. The number of nitrogens with zero attached hydrogens (tertiary/aromatic N) is 1. The number of hydrogen-bond acceptors (Lipinski definition) is 3. The van der Waals surface area contributed by atoms with E-state index in [-0.39, 0.29) is 11.1 Å². The number of halogens is 1. The van der Waals surface area contributed by atoms with Crippen molar-refractivity contribution in [1.29, 1.82) is 5.26 Å². The van der Waals surface area contributed by atoms with Crippen LogP contribution >= 0.6 is 22.9 Å². The summed E-state index contributed by atoms with van der Waals surface area (Å²) >= 11 is 7.43. The molecule has 3 nitrogen and oxygen atoms in total. The van der Waals surface area contributed by atoms with Crippen LogP contribution in [-0.4, -0.2) is 4.98 Å². The van der Waals surface area contributed by atoms with Crippen molar-refractivity contribution in [2.24, 2.45) is 0 Å². The van der Waals surface area contributed by atoms with Crippen LogP contribution in [0.15, 0.2) is 16.9 Å². The van der Waals surface area contributed by atoms with Crippen molar-refractivity contribution in [2.75, 3.05) is 0 Å². The maximum atomic E-state index is 12.1. The first-order chi connectivity index (χ1) is 9.70. The maximum absolute atomic E-state index is 12.1.